The fraction of sp³-hybridized carbons (Fsp3) is 0.424. The molecule has 79 heavy (non-hydrogen) atoms. The molecule has 0 fully saturated rings. The third kappa shape index (κ3) is 14.4. The molecule has 2 aliphatic rings. The molecule has 0 radical (unpaired) electrons. The Balaban J connectivity index is 0.000000229. The highest BCUT2D eigenvalue weighted by molar-refractivity contribution is 5.80. The lowest BCUT2D eigenvalue weighted by atomic mass is 9.84. The zero-order valence-electron chi connectivity index (χ0n) is 46.4. The molecule has 20 nitrogen and oxygen atoms in total. The number of methoxy groups -OCH3 is 1. The first-order chi connectivity index (χ1) is 37.5. The van der Waals surface area contributed by atoms with Gasteiger partial charge in [0.1, 0.15) is 35.8 Å². The maximum Gasteiger partial charge on any atom is 0.411 e. The van der Waals surface area contributed by atoms with E-state index in [0.29, 0.717) is 64.9 Å². The van der Waals surface area contributed by atoms with Crippen LogP contribution in [-0.2, 0) is 36.6 Å². The highest BCUT2D eigenvalue weighted by Gasteiger charge is 2.37. The average molecular weight is 1080 g/mol. The number of ether oxygens (including phenoxy) is 5. The van der Waals surface area contributed by atoms with Crippen LogP contribution in [0, 0.1) is 13.1 Å². The number of amides is 2. The van der Waals surface area contributed by atoms with E-state index in [1.807, 2.05) is 64.1 Å². The molecule has 0 spiro atoms. The van der Waals surface area contributed by atoms with Gasteiger partial charge in [0, 0.05) is 22.3 Å². The molecule has 0 saturated carbocycles. The van der Waals surface area contributed by atoms with Crippen molar-refractivity contribution in [2.45, 2.75) is 143 Å². The molecule has 0 saturated heterocycles. The lowest BCUT2D eigenvalue weighted by Crippen LogP contribution is -2.43. The molecule has 4 aromatic carbocycles. The summed E-state index contributed by atoms with van der Waals surface area (Å²) in [5.74, 6) is 0.656. The van der Waals surface area contributed by atoms with E-state index in [1.165, 1.54) is 16.9 Å². The molecule has 2 atom stereocenters. The fourth-order valence-corrected chi connectivity index (χ4v) is 9.39. The topological polar surface area (TPSA) is 228 Å². The van der Waals surface area contributed by atoms with E-state index >= 15 is 0 Å². The molecule has 8 rings (SSSR count). The lowest BCUT2D eigenvalue weighted by molar-refractivity contribution is -0.142. The van der Waals surface area contributed by atoms with E-state index in [1.54, 1.807) is 77.9 Å². The fourth-order valence-electron chi connectivity index (χ4n) is 9.39. The minimum Gasteiger partial charge on any atom is -0.502 e. The first-order valence-corrected chi connectivity index (χ1v) is 26.0. The van der Waals surface area contributed by atoms with Crippen molar-refractivity contribution in [2.24, 2.45) is 0 Å². The second kappa shape index (κ2) is 24.7. The van der Waals surface area contributed by atoms with E-state index < -0.39 is 54.0 Å². The van der Waals surface area contributed by atoms with Gasteiger partial charge in [-0.15, -0.1) is 0 Å². The van der Waals surface area contributed by atoms with Crippen LogP contribution in [0.1, 0.15) is 129 Å². The Morgan fingerprint density at radius 2 is 1.08 bits per heavy atom. The maximum absolute atomic E-state index is 13.2. The van der Waals surface area contributed by atoms with Gasteiger partial charge in [-0.2, -0.15) is 9.97 Å². The number of carbonyl (C=O) groups excluding carboxylic acids is 3. The zero-order valence-corrected chi connectivity index (χ0v) is 46.4. The SMILES string of the molecule is [C-]#[N+]c1cc(-c2nc(-c3cccc4c3CCC[C@@H]4N(CC(=O)O)C(=O)OC(C)(C)C)no2)ccc1OC(C)C.[C-]#[N+]c1cc(-c2nc(-c3cccc4c3CCC[C@@H]4N(CC(=O)OC)C(=O)OC(C)(C)C)no2)ccc1OC(C)C. The van der Waals surface area contributed by atoms with Crippen LogP contribution in [0.15, 0.2) is 81.8 Å². The average Bonchev–Trinajstić information content (AvgIpc) is 4.18. The van der Waals surface area contributed by atoms with Gasteiger partial charge in [-0.05, 0) is 166 Å². The van der Waals surface area contributed by atoms with Gasteiger partial charge in [0.2, 0.25) is 23.0 Å². The summed E-state index contributed by atoms with van der Waals surface area (Å²) in [6, 6.07) is 20.8. The number of hydrogen-bond donors (Lipinski definition) is 1. The Morgan fingerprint density at radius 1 is 0.658 bits per heavy atom. The Bertz CT molecular complexity index is 3280. The summed E-state index contributed by atoms with van der Waals surface area (Å²) in [5.41, 5.74) is 5.60. The molecule has 414 valence electrons. The smallest absolute Gasteiger partial charge is 0.411 e. The standard InChI is InChI=1S/C30H34N4O6.C29H32N4O6/c1-18(2)38-25-15-14-19(16-23(25)31-6)28-32-27(33-40-28)22-12-8-11-21-20(22)10-9-13-24(21)34(17-26(35)37-7)29(36)39-30(3,4)5;1-17(2)37-24-14-13-18(15-22(24)30-6)27-31-26(32-39-27)21-11-7-10-20-19(21)9-8-12-23(20)33(16-25(34)35)28(36)38-29(3,4)5/h8,11-12,14-16,18,24H,9-10,13,17H2,1-5,7H3;7,10-11,13-15,17,23H,8-9,12,16H2,1-5H3,(H,34,35)/t24-;23-/m00/s1. The minimum atomic E-state index is -1.12. The molecule has 2 amide bonds. The van der Waals surface area contributed by atoms with Crippen molar-refractivity contribution >= 4 is 35.5 Å². The van der Waals surface area contributed by atoms with Crippen LogP contribution in [0.3, 0.4) is 0 Å². The highest BCUT2D eigenvalue weighted by atomic mass is 16.6. The molecule has 2 aliphatic carbocycles. The number of carboxylic acids is 1. The van der Waals surface area contributed by atoms with Crippen LogP contribution < -0.4 is 9.47 Å². The summed E-state index contributed by atoms with van der Waals surface area (Å²) in [6.07, 6.45) is 2.86. The van der Waals surface area contributed by atoms with Crippen LogP contribution in [0.25, 0.3) is 55.4 Å². The minimum absolute atomic E-state index is 0.0618. The maximum atomic E-state index is 13.2. The number of hydrogen-bond acceptors (Lipinski definition) is 15. The van der Waals surface area contributed by atoms with Gasteiger partial charge in [0.05, 0.1) is 44.5 Å². The summed E-state index contributed by atoms with van der Waals surface area (Å²) < 4.78 is 38.6. The van der Waals surface area contributed by atoms with E-state index in [4.69, 9.17) is 45.9 Å². The van der Waals surface area contributed by atoms with Gasteiger partial charge in [-0.25, -0.2) is 19.3 Å². The van der Waals surface area contributed by atoms with Gasteiger partial charge in [-0.3, -0.25) is 19.4 Å². The second-order valence-electron chi connectivity index (χ2n) is 21.5. The summed E-state index contributed by atoms with van der Waals surface area (Å²) in [6.45, 7) is 32.5. The first kappa shape index (κ1) is 57.9. The molecule has 6 aromatic rings. The van der Waals surface area contributed by atoms with Gasteiger partial charge in [-0.1, -0.05) is 46.7 Å². The first-order valence-electron chi connectivity index (χ1n) is 26.0. The van der Waals surface area contributed by atoms with Crippen molar-refractivity contribution in [1.29, 1.82) is 0 Å². The molecule has 0 unspecified atom stereocenters. The molecule has 0 aliphatic heterocycles. The summed E-state index contributed by atoms with van der Waals surface area (Å²) >= 11 is 0. The van der Waals surface area contributed by atoms with Gasteiger partial charge < -0.3 is 37.8 Å². The summed E-state index contributed by atoms with van der Waals surface area (Å²) in [4.78, 5) is 69.3. The van der Waals surface area contributed by atoms with Crippen molar-refractivity contribution in [3.63, 3.8) is 0 Å². The second-order valence-corrected chi connectivity index (χ2v) is 21.5. The quantitative estimate of drug-likeness (QED) is 0.0607. The summed E-state index contributed by atoms with van der Waals surface area (Å²) in [7, 11) is 1.29. The van der Waals surface area contributed by atoms with Gasteiger partial charge in [0.25, 0.3) is 11.8 Å². The number of fused-ring (bicyclic) bond motifs is 2. The number of aromatic nitrogens is 4. The number of carboxylic acid groups (broad SMARTS) is 1. The zero-order chi connectivity index (χ0) is 57.3. The van der Waals surface area contributed by atoms with Crippen LogP contribution in [0.2, 0.25) is 0 Å². The van der Waals surface area contributed by atoms with Crippen LogP contribution in [-0.4, -0.2) is 103 Å². The number of rotatable bonds is 14. The predicted molar refractivity (Wildman–Crippen MR) is 291 cm³/mol. The number of carbonyl (C=O) groups is 4. The van der Waals surface area contributed by atoms with Crippen LogP contribution in [0.4, 0.5) is 21.0 Å². The van der Waals surface area contributed by atoms with Crippen LogP contribution in [0.5, 0.6) is 11.5 Å². The Kier molecular flexibility index (Phi) is 18.1. The monoisotopic (exact) mass is 1080 g/mol. The van der Waals surface area contributed by atoms with E-state index in [0.717, 1.165) is 52.6 Å². The normalized spacial score (nSPS) is 14.8. The molecular weight excluding hydrogens is 1010 g/mol. The summed E-state index contributed by atoms with van der Waals surface area (Å²) in [5, 5.41) is 18.0. The van der Waals surface area contributed by atoms with Crippen molar-refractivity contribution in [1.82, 2.24) is 30.1 Å². The van der Waals surface area contributed by atoms with E-state index in [-0.39, 0.29) is 30.5 Å². The number of aliphatic carboxylic acids is 1. The third-order valence-electron chi connectivity index (χ3n) is 12.5. The number of esters is 1. The van der Waals surface area contributed by atoms with Crippen LogP contribution >= 0.6 is 0 Å². The third-order valence-corrected chi connectivity index (χ3v) is 12.5. The van der Waals surface area contributed by atoms with Crippen molar-refractivity contribution < 1.29 is 57.0 Å². The predicted octanol–water partition coefficient (Wildman–Crippen LogP) is 13.0. The highest BCUT2D eigenvalue weighted by Crippen LogP contribution is 2.42. The Labute approximate surface area is 459 Å². The molecule has 2 heterocycles. The Morgan fingerprint density at radius 3 is 1.44 bits per heavy atom. The molecule has 0 bridgehead atoms. The van der Waals surface area contributed by atoms with Crippen molar-refractivity contribution in [3.05, 3.63) is 118 Å². The van der Waals surface area contributed by atoms with Gasteiger partial charge in [0.15, 0.2) is 0 Å². The molecule has 20 heteroatoms. The molecule has 1 N–H and O–H groups in total. The van der Waals surface area contributed by atoms with Gasteiger partial charge >= 0.3 is 24.1 Å². The lowest BCUT2D eigenvalue weighted by Gasteiger charge is -2.36. The van der Waals surface area contributed by atoms with Crippen molar-refractivity contribution in [2.75, 3.05) is 20.2 Å². The largest absolute Gasteiger partial charge is 0.502 e. The number of nitrogens with zero attached hydrogens (tertiary/aromatic N) is 8. The number of benzene rings is 4. The Hall–Kier alpha value is -8.78. The van der Waals surface area contributed by atoms with Crippen molar-refractivity contribution in [3.8, 4) is 57.2 Å². The van der Waals surface area contributed by atoms with E-state index in [9.17, 15) is 24.3 Å². The molecular formula is C59H66N8O12. The molecule has 2 aromatic heterocycles. The van der Waals surface area contributed by atoms with E-state index in [2.05, 4.69) is 30.0 Å².